The van der Waals surface area contributed by atoms with Gasteiger partial charge >= 0.3 is 0 Å². The van der Waals surface area contributed by atoms with Crippen molar-refractivity contribution in [2.75, 3.05) is 47.3 Å². The molecular formula is C16H37N3. The summed E-state index contributed by atoms with van der Waals surface area (Å²) in [7, 11) is 6.54. The highest BCUT2D eigenvalue weighted by molar-refractivity contribution is 4.69. The van der Waals surface area contributed by atoms with Crippen LogP contribution in [0.2, 0.25) is 0 Å². The van der Waals surface area contributed by atoms with Crippen LogP contribution in [0.25, 0.3) is 0 Å². The minimum absolute atomic E-state index is 0.270. The van der Waals surface area contributed by atoms with E-state index in [1.54, 1.807) is 0 Å². The van der Waals surface area contributed by atoms with Crippen molar-refractivity contribution in [2.45, 2.75) is 58.4 Å². The van der Waals surface area contributed by atoms with Crippen molar-refractivity contribution < 1.29 is 0 Å². The van der Waals surface area contributed by atoms with Crippen LogP contribution in [0.15, 0.2) is 0 Å². The van der Waals surface area contributed by atoms with E-state index < -0.39 is 0 Å². The maximum atomic E-state index is 3.54. The lowest BCUT2D eigenvalue weighted by atomic mass is 10.1. The van der Waals surface area contributed by atoms with Crippen LogP contribution < -0.4 is 5.32 Å². The van der Waals surface area contributed by atoms with Gasteiger partial charge in [0.05, 0.1) is 0 Å². The molecule has 0 aliphatic rings. The van der Waals surface area contributed by atoms with E-state index in [1.165, 1.54) is 51.7 Å². The topological polar surface area (TPSA) is 18.5 Å². The molecule has 0 amide bonds. The van der Waals surface area contributed by atoms with E-state index in [4.69, 9.17) is 0 Å². The summed E-state index contributed by atoms with van der Waals surface area (Å²) in [6.07, 6.45) is 6.65. The van der Waals surface area contributed by atoms with Gasteiger partial charge in [0.1, 0.15) is 0 Å². The monoisotopic (exact) mass is 271 g/mol. The Hall–Kier alpha value is -0.120. The molecule has 0 bridgehead atoms. The molecule has 3 heteroatoms. The van der Waals surface area contributed by atoms with Crippen LogP contribution in [0.3, 0.4) is 0 Å². The first-order chi connectivity index (χ1) is 8.81. The smallest absolute Gasteiger partial charge is 0.00965 e. The lowest BCUT2D eigenvalue weighted by Crippen LogP contribution is -2.36. The predicted octanol–water partition coefficient (Wildman–Crippen LogP) is 2.82. The molecule has 0 atom stereocenters. The predicted molar refractivity (Wildman–Crippen MR) is 86.9 cm³/mol. The third-order valence-corrected chi connectivity index (χ3v) is 3.27. The molecule has 3 nitrogen and oxygen atoms in total. The Morgan fingerprint density at radius 2 is 1.32 bits per heavy atom. The molecule has 116 valence electrons. The number of unbranched alkanes of at least 4 members (excludes halogenated alkanes) is 3. The quantitative estimate of drug-likeness (QED) is 0.583. The molecule has 19 heavy (non-hydrogen) atoms. The summed E-state index contributed by atoms with van der Waals surface area (Å²) in [4.78, 5) is 4.73. The molecule has 0 fully saturated rings. The fourth-order valence-electron chi connectivity index (χ4n) is 2.09. The highest BCUT2D eigenvalue weighted by atomic mass is 15.1. The number of hydrogen-bond acceptors (Lipinski definition) is 3. The highest BCUT2D eigenvalue weighted by Crippen LogP contribution is 2.03. The molecule has 0 saturated carbocycles. The van der Waals surface area contributed by atoms with Gasteiger partial charge < -0.3 is 15.1 Å². The van der Waals surface area contributed by atoms with E-state index in [0.717, 1.165) is 6.54 Å². The van der Waals surface area contributed by atoms with Gasteiger partial charge in [-0.3, -0.25) is 0 Å². The van der Waals surface area contributed by atoms with Gasteiger partial charge in [-0.2, -0.15) is 0 Å². The molecule has 0 aromatic rings. The van der Waals surface area contributed by atoms with E-state index in [0.29, 0.717) is 0 Å². The number of hydrogen-bond donors (Lipinski definition) is 1. The van der Waals surface area contributed by atoms with Gasteiger partial charge in [0.25, 0.3) is 0 Å². The van der Waals surface area contributed by atoms with Crippen molar-refractivity contribution in [1.29, 1.82) is 0 Å². The third-order valence-electron chi connectivity index (χ3n) is 3.27. The second-order valence-corrected chi connectivity index (χ2v) is 7.05. The number of rotatable bonds is 11. The van der Waals surface area contributed by atoms with Crippen molar-refractivity contribution in [2.24, 2.45) is 0 Å². The Kier molecular flexibility index (Phi) is 10.6. The van der Waals surface area contributed by atoms with Gasteiger partial charge in [0.2, 0.25) is 0 Å². The average Bonchev–Trinajstić information content (AvgIpc) is 2.25. The zero-order valence-corrected chi connectivity index (χ0v) is 14.3. The average molecular weight is 271 g/mol. The first-order valence-electron chi connectivity index (χ1n) is 7.89. The summed E-state index contributed by atoms with van der Waals surface area (Å²) in [6, 6.07) is 0. The van der Waals surface area contributed by atoms with E-state index in [-0.39, 0.29) is 5.54 Å². The molecule has 0 aromatic heterocycles. The molecule has 0 aliphatic carbocycles. The zero-order chi connectivity index (χ0) is 14.7. The minimum atomic E-state index is 0.270. The molecule has 0 aliphatic heterocycles. The largest absolute Gasteiger partial charge is 0.312 e. The van der Waals surface area contributed by atoms with Crippen LogP contribution in [0.5, 0.6) is 0 Å². The van der Waals surface area contributed by atoms with Crippen LogP contribution in [0.1, 0.15) is 52.9 Å². The Bertz CT molecular complexity index is 197. The summed E-state index contributed by atoms with van der Waals surface area (Å²) in [5, 5.41) is 3.54. The number of nitrogens with zero attached hydrogens (tertiary/aromatic N) is 2. The second kappa shape index (κ2) is 10.6. The first kappa shape index (κ1) is 18.9. The van der Waals surface area contributed by atoms with Crippen molar-refractivity contribution in [3.05, 3.63) is 0 Å². The SMILES string of the molecule is CN(C)CCCN(C)CCCCCCNC(C)(C)C. The maximum absolute atomic E-state index is 3.54. The molecule has 0 saturated heterocycles. The molecule has 1 N–H and O–H groups in total. The Morgan fingerprint density at radius 3 is 1.89 bits per heavy atom. The van der Waals surface area contributed by atoms with Gasteiger partial charge in [-0.05, 0) is 87.4 Å². The van der Waals surface area contributed by atoms with Crippen molar-refractivity contribution in [3.63, 3.8) is 0 Å². The fraction of sp³-hybridized carbons (Fsp3) is 1.00. The zero-order valence-electron chi connectivity index (χ0n) is 14.3. The summed E-state index contributed by atoms with van der Waals surface area (Å²) >= 11 is 0. The molecule has 0 unspecified atom stereocenters. The lowest BCUT2D eigenvalue weighted by molar-refractivity contribution is 0.294. The Labute approximate surface area is 121 Å². The summed E-state index contributed by atoms with van der Waals surface area (Å²) in [5.74, 6) is 0. The normalized spacial score (nSPS) is 12.6. The van der Waals surface area contributed by atoms with E-state index in [9.17, 15) is 0 Å². The van der Waals surface area contributed by atoms with Crippen LogP contribution in [-0.4, -0.2) is 62.7 Å². The maximum Gasteiger partial charge on any atom is 0.00965 e. The van der Waals surface area contributed by atoms with Crippen LogP contribution >= 0.6 is 0 Å². The van der Waals surface area contributed by atoms with Crippen molar-refractivity contribution in [1.82, 2.24) is 15.1 Å². The van der Waals surface area contributed by atoms with Crippen molar-refractivity contribution in [3.8, 4) is 0 Å². The second-order valence-electron chi connectivity index (χ2n) is 7.05. The molecule has 0 heterocycles. The van der Waals surface area contributed by atoms with E-state index >= 15 is 0 Å². The Balaban J connectivity index is 3.25. The van der Waals surface area contributed by atoms with Crippen LogP contribution in [0, 0.1) is 0 Å². The summed E-state index contributed by atoms with van der Waals surface area (Å²) < 4.78 is 0. The highest BCUT2D eigenvalue weighted by Gasteiger charge is 2.06. The molecule has 0 spiro atoms. The minimum Gasteiger partial charge on any atom is -0.312 e. The molecule has 0 radical (unpaired) electrons. The van der Waals surface area contributed by atoms with Crippen LogP contribution in [-0.2, 0) is 0 Å². The standard InChI is InChI=1S/C16H37N3/c1-16(2,3)17-12-9-7-8-10-14-19(6)15-11-13-18(4)5/h17H,7-15H2,1-6H3. The first-order valence-corrected chi connectivity index (χ1v) is 7.89. The third kappa shape index (κ3) is 15.8. The van der Waals surface area contributed by atoms with Crippen molar-refractivity contribution >= 4 is 0 Å². The fourth-order valence-corrected chi connectivity index (χ4v) is 2.09. The lowest BCUT2D eigenvalue weighted by Gasteiger charge is -2.20. The van der Waals surface area contributed by atoms with Gasteiger partial charge in [-0.15, -0.1) is 0 Å². The van der Waals surface area contributed by atoms with Gasteiger partial charge in [-0.1, -0.05) is 12.8 Å². The van der Waals surface area contributed by atoms with Gasteiger partial charge in [-0.25, -0.2) is 0 Å². The van der Waals surface area contributed by atoms with E-state index in [2.05, 4.69) is 57.0 Å². The van der Waals surface area contributed by atoms with Gasteiger partial charge in [0.15, 0.2) is 0 Å². The molecule has 0 aromatic carbocycles. The Morgan fingerprint density at radius 1 is 0.737 bits per heavy atom. The summed E-state index contributed by atoms with van der Waals surface area (Å²) in [5.41, 5.74) is 0.270. The van der Waals surface area contributed by atoms with Crippen LogP contribution in [0.4, 0.5) is 0 Å². The van der Waals surface area contributed by atoms with E-state index in [1.807, 2.05) is 0 Å². The van der Waals surface area contributed by atoms with Gasteiger partial charge in [0, 0.05) is 5.54 Å². The molecule has 0 rings (SSSR count). The number of nitrogens with one attached hydrogen (secondary N) is 1. The molecular weight excluding hydrogens is 234 g/mol. The summed E-state index contributed by atoms with van der Waals surface area (Å²) in [6.45, 7) is 11.5.